The number of nitrogens with one attached hydrogen (secondary N) is 1. The fourth-order valence-corrected chi connectivity index (χ4v) is 1.70. The van der Waals surface area contributed by atoms with E-state index >= 15 is 0 Å². The molecule has 0 aromatic carbocycles. The summed E-state index contributed by atoms with van der Waals surface area (Å²) in [5, 5.41) is 3.25. The maximum absolute atomic E-state index is 11.9. The van der Waals surface area contributed by atoms with E-state index in [2.05, 4.69) is 15.3 Å². The number of hydrogen-bond donors (Lipinski definition) is 1. The van der Waals surface area contributed by atoms with E-state index in [1.807, 2.05) is 0 Å². The largest absolute Gasteiger partial charge is 0.467 e. The van der Waals surface area contributed by atoms with E-state index in [1.54, 1.807) is 25.5 Å². The molecule has 1 heterocycles. The van der Waals surface area contributed by atoms with Gasteiger partial charge in [0.15, 0.2) is 5.54 Å². The molecule has 1 N–H and O–H groups in total. The number of ether oxygens (including phenoxy) is 1. The van der Waals surface area contributed by atoms with Gasteiger partial charge >= 0.3 is 5.97 Å². The first-order chi connectivity index (χ1) is 8.16. The van der Waals surface area contributed by atoms with Crippen molar-refractivity contribution in [1.29, 1.82) is 0 Å². The predicted octanol–water partition coefficient (Wildman–Crippen LogP) is 0.864. The molecule has 1 aromatic heterocycles. The molecule has 0 saturated heterocycles. The van der Waals surface area contributed by atoms with Gasteiger partial charge in [-0.2, -0.15) is 0 Å². The number of esters is 1. The second-order valence-corrected chi connectivity index (χ2v) is 4.53. The summed E-state index contributed by atoms with van der Waals surface area (Å²) >= 11 is 0. The molecule has 92 valence electrons. The summed E-state index contributed by atoms with van der Waals surface area (Å²) in [6.45, 7) is 2.59. The molecule has 1 fully saturated rings. The molecular formula is C12H17N3O2. The van der Waals surface area contributed by atoms with E-state index in [9.17, 15) is 4.79 Å². The molecular weight excluding hydrogens is 218 g/mol. The van der Waals surface area contributed by atoms with Crippen LogP contribution in [0.15, 0.2) is 18.6 Å². The lowest BCUT2D eigenvalue weighted by molar-refractivity contribution is -0.148. The molecule has 1 aliphatic carbocycles. The topological polar surface area (TPSA) is 64.1 Å². The molecule has 0 amide bonds. The van der Waals surface area contributed by atoms with E-state index in [-0.39, 0.29) is 5.97 Å². The van der Waals surface area contributed by atoms with Crippen molar-refractivity contribution in [3.63, 3.8) is 0 Å². The van der Waals surface area contributed by atoms with Gasteiger partial charge in [0.2, 0.25) is 0 Å². The predicted molar refractivity (Wildman–Crippen MR) is 62.1 cm³/mol. The monoisotopic (exact) mass is 235 g/mol. The zero-order chi connectivity index (χ0) is 12.3. The molecule has 1 saturated carbocycles. The molecule has 0 bridgehead atoms. The van der Waals surface area contributed by atoms with Crippen molar-refractivity contribution in [3.05, 3.63) is 24.3 Å². The Morgan fingerprint density at radius 2 is 2.35 bits per heavy atom. The van der Waals surface area contributed by atoms with Gasteiger partial charge in [-0.15, -0.1) is 0 Å². The molecule has 2 rings (SSSR count). The van der Waals surface area contributed by atoms with Gasteiger partial charge in [-0.05, 0) is 32.2 Å². The standard InChI is InChI=1S/C12H17N3O2/c1-12(11(16)17-2,15-7-9-3-4-9)10-8-13-5-6-14-10/h5-6,8-9,15H,3-4,7H2,1-2H3. The average molecular weight is 235 g/mol. The lowest BCUT2D eigenvalue weighted by Gasteiger charge is -2.27. The third-order valence-electron chi connectivity index (χ3n) is 3.11. The highest BCUT2D eigenvalue weighted by molar-refractivity contribution is 5.81. The summed E-state index contributed by atoms with van der Waals surface area (Å²) in [6.07, 6.45) is 7.21. The van der Waals surface area contributed by atoms with Crippen LogP contribution in [-0.4, -0.2) is 29.6 Å². The first-order valence-corrected chi connectivity index (χ1v) is 5.77. The van der Waals surface area contributed by atoms with Crippen LogP contribution in [0, 0.1) is 5.92 Å². The van der Waals surface area contributed by atoms with Crippen LogP contribution in [0.2, 0.25) is 0 Å². The lowest BCUT2D eigenvalue weighted by atomic mass is 9.98. The van der Waals surface area contributed by atoms with E-state index in [0.29, 0.717) is 11.6 Å². The Kier molecular flexibility index (Phi) is 3.38. The smallest absolute Gasteiger partial charge is 0.332 e. The molecule has 1 atom stereocenters. The van der Waals surface area contributed by atoms with Gasteiger partial charge < -0.3 is 4.74 Å². The fourth-order valence-electron chi connectivity index (χ4n) is 1.70. The van der Waals surface area contributed by atoms with Gasteiger partial charge in [0, 0.05) is 12.4 Å². The zero-order valence-corrected chi connectivity index (χ0v) is 10.1. The fraction of sp³-hybridized carbons (Fsp3) is 0.583. The summed E-state index contributed by atoms with van der Waals surface area (Å²) in [4.78, 5) is 20.1. The zero-order valence-electron chi connectivity index (χ0n) is 10.1. The normalized spacial score (nSPS) is 18.5. The maximum atomic E-state index is 11.9. The number of aromatic nitrogens is 2. The maximum Gasteiger partial charge on any atom is 0.332 e. The molecule has 1 aliphatic rings. The highest BCUT2D eigenvalue weighted by Crippen LogP contribution is 2.29. The third-order valence-corrected chi connectivity index (χ3v) is 3.11. The first-order valence-electron chi connectivity index (χ1n) is 5.77. The van der Waals surface area contributed by atoms with Crippen molar-refractivity contribution < 1.29 is 9.53 Å². The summed E-state index contributed by atoms with van der Waals surface area (Å²) < 4.78 is 4.85. The average Bonchev–Trinajstić information content (AvgIpc) is 3.20. The number of rotatable bonds is 5. The van der Waals surface area contributed by atoms with Crippen LogP contribution in [-0.2, 0) is 15.1 Å². The van der Waals surface area contributed by atoms with Crippen molar-refractivity contribution >= 4 is 5.97 Å². The Hall–Kier alpha value is -1.49. The van der Waals surface area contributed by atoms with E-state index in [0.717, 1.165) is 6.54 Å². The molecule has 17 heavy (non-hydrogen) atoms. The quantitative estimate of drug-likeness (QED) is 0.767. The molecule has 0 aliphatic heterocycles. The number of carbonyl (C=O) groups excluding carboxylic acids is 1. The van der Waals surface area contributed by atoms with Crippen molar-refractivity contribution in [1.82, 2.24) is 15.3 Å². The summed E-state index contributed by atoms with van der Waals surface area (Å²) in [7, 11) is 1.38. The highest BCUT2D eigenvalue weighted by atomic mass is 16.5. The minimum atomic E-state index is -0.911. The summed E-state index contributed by atoms with van der Waals surface area (Å²) in [5.41, 5.74) is -0.321. The lowest BCUT2D eigenvalue weighted by Crippen LogP contribution is -2.48. The summed E-state index contributed by atoms with van der Waals surface area (Å²) in [5.74, 6) is 0.342. The Morgan fingerprint density at radius 1 is 1.59 bits per heavy atom. The van der Waals surface area contributed by atoms with Crippen LogP contribution in [0.1, 0.15) is 25.5 Å². The van der Waals surface area contributed by atoms with Crippen molar-refractivity contribution in [2.24, 2.45) is 5.92 Å². The van der Waals surface area contributed by atoms with E-state index < -0.39 is 5.54 Å². The second-order valence-electron chi connectivity index (χ2n) is 4.53. The SMILES string of the molecule is COC(=O)C(C)(NCC1CC1)c1cnccn1. The number of methoxy groups -OCH3 is 1. The van der Waals surface area contributed by atoms with Gasteiger partial charge in [0.1, 0.15) is 0 Å². The number of hydrogen-bond acceptors (Lipinski definition) is 5. The van der Waals surface area contributed by atoms with Gasteiger partial charge in [-0.25, -0.2) is 4.79 Å². The second kappa shape index (κ2) is 4.79. The Morgan fingerprint density at radius 3 is 2.88 bits per heavy atom. The molecule has 5 heteroatoms. The van der Waals surface area contributed by atoms with Crippen molar-refractivity contribution in [2.75, 3.05) is 13.7 Å². The first kappa shape index (κ1) is 12.0. The highest BCUT2D eigenvalue weighted by Gasteiger charge is 2.39. The molecule has 0 radical (unpaired) electrons. The van der Waals surface area contributed by atoms with Gasteiger partial charge in [-0.1, -0.05) is 0 Å². The van der Waals surface area contributed by atoms with Crippen LogP contribution in [0.4, 0.5) is 0 Å². The van der Waals surface area contributed by atoms with E-state index in [4.69, 9.17) is 4.74 Å². The number of nitrogens with zero attached hydrogens (tertiary/aromatic N) is 2. The van der Waals surface area contributed by atoms with Gasteiger partial charge in [-0.3, -0.25) is 15.3 Å². The molecule has 1 unspecified atom stereocenters. The molecule has 1 aromatic rings. The van der Waals surface area contributed by atoms with Crippen LogP contribution in [0.3, 0.4) is 0 Å². The van der Waals surface area contributed by atoms with Crippen LogP contribution < -0.4 is 5.32 Å². The van der Waals surface area contributed by atoms with Crippen molar-refractivity contribution in [3.8, 4) is 0 Å². The van der Waals surface area contributed by atoms with Crippen molar-refractivity contribution in [2.45, 2.75) is 25.3 Å². The molecule has 0 spiro atoms. The minimum Gasteiger partial charge on any atom is -0.467 e. The molecule has 5 nitrogen and oxygen atoms in total. The van der Waals surface area contributed by atoms with Gasteiger partial charge in [0.25, 0.3) is 0 Å². The Labute approximate surface area is 101 Å². The van der Waals surface area contributed by atoms with Gasteiger partial charge in [0.05, 0.1) is 19.0 Å². The number of carbonyl (C=O) groups is 1. The van der Waals surface area contributed by atoms with Crippen LogP contribution in [0.5, 0.6) is 0 Å². The third kappa shape index (κ3) is 2.61. The van der Waals surface area contributed by atoms with Crippen LogP contribution in [0.25, 0.3) is 0 Å². The Bertz CT molecular complexity index is 392. The van der Waals surface area contributed by atoms with E-state index in [1.165, 1.54) is 20.0 Å². The van der Waals surface area contributed by atoms with Crippen LogP contribution >= 0.6 is 0 Å². The summed E-state index contributed by atoms with van der Waals surface area (Å²) in [6, 6.07) is 0. The Balaban J connectivity index is 2.18. The minimum absolute atomic E-state index is 0.335.